The largest absolute Gasteiger partial charge is 0.491 e. The Morgan fingerprint density at radius 1 is 1.06 bits per heavy atom. The SMILES string of the molecule is COCC1CCN(CC(O)COc2cc(-c3cccc(N)c3)c3ccccc3c2)CC1. The van der Waals surface area contributed by atoms with Gasteiger partial charge in [0.25, 0.3) is 0 Å². The Balaban J connectivity index is 1.43. The molecule has 0 saturated carbocycles. The summed E-state index contributed by atoms with van der Waals surface area (Å²) in [5.74, 6) is 1.40. The number of benzene rings is 3. The van der Waals surface area contributed by atoms with Crippen LogP contribution in [0.4, 0.5) is 5.69 Å². The summed E-state index contributed by atoms with van der Waals surface area (Å²) in [4.78, 5) is 2.32. The molecular formula is C26H32N2O3. The zero-order chi connectivity index (χ0) is 21.6. The summed E-state index contributed by atoms with van der Waals surface area (Å²) in [6, 6.07) is 20.2. The maximum absolute atomic E-state index is 10.6. The summed E-state index contributed by atoms with van der Waals surface area (Å²) >= 11 is 0. The fourth-order valence-electron chi connectivity index (χ4n) is 4.43. The van der Waals surface area contributed by atoms with Gasteiger partial charge in [-0.05, 0) is 78.0 Å². The van der Waals surface area contributed by atoms with Gasteiger partial charge in [0, 0.05) is 25.9 Å². The molecule has 1 fully saturated rings. The molecule has 31 heavy (non-hydrogen) atoms. The first-order chi connectivity index (χ1) is 15.1. The van der Waals surface area contributed by atoms with Gasteiger partial charge in [0.2, 0.25) is 0 Å². The van der Waals surface area contributed by atoms with E-state index in [0.29, 0.717) is 12.5 Å². The molecule has 1 unspecified atom stereocenters. The average Bonchev–Trinajstić information content (AvgIpc) is 2.78. The highest BCUT2D eigenvalue weighted by Crippen LogP contribution is 2.34. The summed E-state index contributed by atoms with van der Waals surface area (Å²) in [6.07, 6.45) is 1.71. The van der Waals surface area contributed by atoms with Crippen LogP contribution in [0, 0.1) is 5.92 Å². The van der Waals surface area contributed by atoms with E-state index in [2.05, 4.69) is 23.1 Å². The molecule has 3 N–H and O–H groups in total. The van der Waals surface area contributed by atoms with Crippen molar-refractivity contribution in [3.63, 3.8) is 0 Å². The molecular weight excluding hydrogens is 388 g/mol. The lowest BCUT2D eigenvalue weighted by Gasteiger charge is -2.32. The Morgan fingerprint density at radius 3 is 2.65 bits per heavy atom. The van der Waals surface area contributed by atoms with Crippen LogP contribution in [0.3, 0.4) is 0 Å². The lowest BCUT2D eigenvalue weighted by atomic mass is 9.97. The Kier molecular flexibility index (Phi) is 7.07. The molecule has 164 valence electrons. The number of nitrogen functional groups attached to an aromatic ring is 1. The molecule has 1 saturated heterocycles. The summed E-state index contributed by atoms with van der Waals surface area (Å²) in [6.45, 7) is 3.74. The minimum Gasteiger partial charge on any atom is -0.491 e. The van der Waals surface area contributed by atoms with Crippen LogP contribution in [0.15, 0.2) is 60.7 Å². The third-order valence-corrected chi connectivity index (χ3v) is 6.05. The van der Waals surface area contributed by atoms with Crippen LogP contribution >= 0.6 is 0 Å². The zero-order valence-electron chi connectivity index (χ0n) is 18.2. The van der Waals surface area contributed by atoms with Gasteiger partial charge in [0.1, 0.15) is 18.5 Å². The number of likely N-dealkylation sites (tertiary alicyclic amines) is 1. The molecule has 0 amide bonds. The van der Waals surface area contributed by atoms with E-state index in [1.807, 2.05) is 42.5 Å². The number of aliphatic hydroxyl groups is 1. The van der Waals surface area contributed by atoms with Gasteiger partial charge in [-0.3, -0.25) is 0 Å². The highest BCUT2D eigenvalue weighted by molar-refractivity contribution is 5.98. The van der Waals surface area contributed by atoms with Gasteiger partial charge in [-0.15, -0.1) is 0 Å². The number of anilines is 1. The number of nitrogens with two attached hydrogens (primary N) is 1. The molecule has 0 spiro atoms. The van der Waals surface area contributed by atoms with Crippen molar-refractivity contribution >= 4 is 16.5 Å². The highest BCUT2D eigenvalue weighted by atomic mass is 16.5. The van der Waals surface area contributed by atoms with E-state index < -0.39 is 6.10 Å². The van der Waals surface area contributed by atoms with Crippen LogP contribution in [0.5, 0.6) is 5.75 Å². The number of rotatable bonds is 8. The lowest BCUT2D eigenvalue weighted by molar-refractivity contribution is 0.0440. The second kappa shape index (κ2) is 10.1. The second-order valence-corrected chi connectivity index (χ2v) is 8.48. The molecule has 1 atom stereocenters. The van der Waals surface area contributed by atoms with E-state index >= 15 is 0 Å². The van der Waals surface area contributed by atoms with Gasteiger partial charge in [0.15, 0.2) is 0 Å². The number of methoxy groups -OCH3 is 1. The summed E-state index contributed by atoms with van der Waals surface area (Å²) in [7, 11) is 1.76. The van der Waals surface area contributed by atoms with Crippen molar-refractivity contribution in [2.45, 2.75) is 18.9 Å². The predicted octanol–water partition coefficient (Wildman–Crippen LogP) is 4.19. The van der Waals surface area contributed by atoms with Crippen LogP contribution in [0.2, 0.25) is 0 Å². The number of piperidine rings is 1. The Morgan fingerprint density at radius 2 is 1.87 bits per heavy atom. The Bertz CT molecular complexity index is 999. The van der Waals surface area contributed by atoms with E-state index in [-0.39, 0.29) is 6.61 Å². The van der Waals surface area contributed by atoms with Gasteiger partial charge in [-0.1, -0.05) is 36.4 Å². The molecule has 5 heteroatoms. The molecule has 0 bridgehead atoms. The molecule has 0 radical (unpaired) electrons. The molecule has 1 aliphatic rings. The van der Waals surface area contributed by atoms with Crippen molar-refractivity contribution < 1.29 is 14.6 Å². The van der Waals surface area contributed by atoms with Crippen molar-refractivity contribution in [1.82, 2.24) is 4.90 Å². The van der Waals surface area contributed by atoms with Gasteiger partial charge < -0.3 is 25.2 Å². The van der Waals surface area contributed by atoms with Crippen LogP contribution in [0.1, 0.15) is 12.8 Å². The van der Waals surface area contributed by atoms with Gasteiger partial charge in [-0.25, -0.2) is 0 Å². The molecule has 1 aliphatic heterocycles. The van der Waals surface area contributed by atoms with Crippen LogP contribution < -0.4 is 10.5 Å². The number of β-amino-alcohol motifs (C(OH)–C–C–N with tert-alkyl or cyclic N) is 1. The molecule has 3 aromatic rings. The molecule has 4 rings (SSSR count). The van der Waals surface area contributed by atoms with Crippen molar-refractivity contribution in [2.24, 2.45) is 5.92 Å². The first kappa shape index (κ1) is 21.6. The quantitative estimate of drug-likeness (QED) is 0.535. The standard InChI is InChI=1S/C26H32N2O3/c1-30-17-19-9-11-28(12-10-19)16-23(29)18-31-24-14-21-5-2-3-8-25(21)26(15-24)20-6-4-7-22(27)13-20/h2-8,13-15,19,23,29H,9-12,16-18,27H2,1H3. The van der Waals surface area contributed by atoms with Crippen molar-refractivity contribution in [3.8, 4) is 16.9 Å². The Labute approximate surface area is 184 Å². The number of hydrogen-bond acceptors (Lipinski definition) is 5. The first-order valence-electron chi connectivity index (χ1n) is 11.0. The number of fused-ring (bicyclic) bond motifs is 1. The van der Waals surface area contributed by atoms with Gasteiger partial charge >= 0.3 is 0 Å². The van der Waals surface area contributed by atoms with Crippen molar-refractivity contribution in [1.29, 1.82) is 0 Å². The zero-order valence-corrected chi connectivity index (χ0v) is 18.2. The number of nitrogens with zero attached hydrogens (tertiary/aromatic N) is 1. The van der Waals surface area contributed by atoms with Crippen LogP contribution in [0.25, 0.3) is 21.9 Å². The maximum atomic E-state index is 10.6. The van der Waals surface area contributed by atoms with E-state index in [0.717, 1.165) is 65.9 Å². The Hall–Kier alpha value is -2.60. The van der Waals surface area contributed by atoms with Crippen LogP contribution in [-0.2, 0) is 4.74 Å². The van der Waals surface area contributed by atoms with Crippen LogP contribution in [-0.4, -0.2) is 56.1 Å². The molecule has 1 heterocycles. The summed E-state index contributed by atoms with van der Waals surface area (Å²) in [5.41, 5.74) is 8.88. The fraction of sp³-hybridized carbons (Fsp3) is 0.385. The van der Waals surface area contributed by atoms with E-state index in [1.165, 1.54) is 0 Å². The van der Waals surface area contributed by atoms with Gasteiger partial charge in [-0.2, -0.15) is 0 Å². The van der Waals surface area contributed by atoms with E-state index in [4.69, 9.17) is 15.2 Å². The first-order valence-corrected chi connectivity index (χ1v) is 11.0. The minimum atomic E-state index is -0.527. The number of aliphatic hydroxyl groups excluding tert-OH is 1. The third-order valence-electron chi connectivity index (χ3n) is 6.05. The molecule has 0 aromatic heterocycles. The summed E-state index contributed by atoms with van der Waals surface area (Å²) in [5, 5.41) is 12.8. The van der Waals surface area contributed by atoms with Gasteiger partial charge in [0.05, 0.1) is 0 Å². The van der Waals surface area contributed by atoms with Crippen molar-refractivity contribution in [3.05, 3.63) is 60.7 Å². The fourth-order valence-corrected chi connectivity index (χ4v) is 4.43. The molecule has 3 aromatic carbocycles. The third kappa shape index (κ3) is 5.56. The smallest absolute Gasteiger partial charge is 0.120 e. The second-order valence-electron chi connectivity index (χ2n) is 8.48. The predicted molar refractivity (Wildman–Crippen MR) is 126 cm³/mol. The van der Waals surface area contributed by atoms with E-state index in [9.17, 15) is 5.11 Å². The van der Waals surface area contributed by atoms with Crippen molar-refractivity contribution in [2.75, 3.05) is 45.7 Å². The normalized spacial score (nSPS) is 16.5. The molecule has 5 nitrogen and oxygen atoms in total. The monoisotopic (exact) mass is 420 g/mol. The maximum Gasteiger partial charge on any atom is 0.120 e. The van der Waals surface area contributed by atoms with E-state index in [1.54, 1.807) is 7.11 Å². The molecule has 0 aliphatic carbocycles. The average molecular weight is 421 g/mol. The number of hydrogen-bond donors (Lipinski definition) is 2. The highest BCUT2D eigenvalue weighted by Gasteiger charge is 2.21. The summed E-state index contributed by atoms with van der Waals surface area (Å²) < 4.78 is 11.3. The lowest BCUT2D eigenvalue weighted by Crippen LogP contribution is -2.41. The topological polar surface area (TPSA) is 68.0 Å². The number of ether oxygens (including phenoxy) is 2. The minimum absolute atomic E-state index is 0.271.